The smallest absolute Gasteiger partial charge is 0.222 e. The third kappa shape index (κ3) is 3.17. The third-order valence-electron chi connectivity index (χ3n) is 10.7. The van der Waals surface area contributed by atoms with Crippen molar-refractivity contribution in [2.45, 2.75) is 77.9 Å². The Balaban J connectivity index is 1.28. The second-order valence-electron chi connectivity index (χ2n) is 12.4. The van der Waals surface area contributed by atoms with Crippen molar-refractivity contribution < 1.29 is 9.53 Å². The molecule has 6 rings (SSSR count). The lowest BCUT2D eigenvalue weighted by atomic mass is 9.45. The van der Waals surface area contributed by atoms with Gasteiger partial charge in [-0.2, -0.15) is 0 Å². The number of fused-ring (bicyclic) bond motifs is 6. The molecule has 1 aliphatic heterocycles. The van der Waals surface area contributed by atoms with Gasteiger partial charge in [0.1, 0.15) is 5.75 Å². The van der Waals surface area contributed by atoms with Crippen LogP contribution in [0.5, 0.6) is 5.75 Å². The van der Waals surface area contributed by atoms with E-state index in [9.17, 15) is 4.79 Å². The highest BCUT2D eigenvalue weighted by molar-refractivity contribution is 5.88. The van der Waals surface area contributed by atoms with Gasteiger partial charge in [-0.05, 0) is 84.5 Å². The van der Waals surface area contributed by atoms with Crippen LogP contribution in [0.4, 0.5) is 0 Å². The Kier molecular flexibility index (Phi) is 4.88. The maximum absolute atomic E-state index is 12.5. The Bertz CT molecular complexity index is 1070. The molecule has 0 aromatic heterocycles. The van der Waals surface area contributed by atoms with Gasteiger partial charge in [0.25, 0.3) is 0 Å². The molecule has 0 N–H and O–H groups in total. The minimum Gasteiger partial charge on any atom is -0.490 e. The fraction of sp³-hybridized carbons (Fsp3) is 0.633. The summed E-state index contributed by atoms with van der Waals surface area (Å²) in [6, 6.07) is 15.5. The standard InChI is InChI=1S/C30H39NO2/c1-19-16-26-30(3,15-13-27(32)31(26)4)23-12-14-29(2)18-21(17-24(29)28(19)23)33-25-11-7-9-20-8-5-6-10-22(20)25/h5-11,19,21,23-24,26,28H,12-18H2,1-4H3/t19-,21-,23-,24-,26+,28+,29+,30+/m0/s1. The monoisotopic (exact) mass is 445 g/mol. The molecule has 1 saturated heterocycles. The van der Waals surface area contributed by atoms with Crippen molar-refractivity contribution in [3.8, 4) is 5.75 Å². The summed E-state index contributed by atoms with van der Waals surface area (Å²) in [5, 5.41) is 2.49. The van der Waals surface area contributed by atoms with Gasteiger partial charge in [0.05, 0.1) is 6.10 Å². The van der Waals surface area contributed by atoms with Gasteiger partial charge in [0.2, 0.25) is 5.91 Å². The molecule has 3 saturated carbocycles. The zero-order chi connectivity index (χ0) is 23.0. The van der Waals surface area contributed by atoms with E-state index >= 15 is 0 Å². The van der Waals surface area contributed by atoms with E-state index in [4.69, 9.17) is 4.74 Å². The van der Waals surface area contributed by atoms with E-state index in [0.29, 0.717) is 29.4 Å². The van der Waals surface area contributed by atoms with E-state index in [-0.39, 0.29) is 5.41 Å². The number of nitrogens with zero attached hydrogens (tertiary/aromatic N) is 1. The number of carbonyl (C=O) groups is 1. The molecule has 33 heavy (non-hydrogen) atoms. The highest BCUT2D eigenvalue weighted by atomic mass is 16.5. The summed E-state index contributed by atoms with van der Waals surface area (Å²) in [6.45, 7) is 7.55. The van der Waals surface area contributed by atoms with Crippen molar-refractivity contribution in [1.82, 2.24) is 4.90 Å². The van der Waals surface area contributed by atoms with E-state index in [1.54, 1.807) is 0 Å². The molecule has 3 nitrogen and oxygen atoms in total. The average molecular weight is 446 g/mol. The van der Waals surface area contributed by atoms with Crippen LogP contribution in [0.2, 0.25) is 0 Å². The molecule has 2 aromatic rings. The number of benzene rings is 2. The van der Waals surface area contributed by atoms with Crippen LogP contribution in [0.1, 0.15) is 65.7 Å². The number of ether oxygens (including phenoxy) is 1. The fourth-order valence-electron chi connectivity index (χ4n) is 9.02. The van der Waals surface area contributed by atoms with Crippen molar-refractivity contribution in [3.05, 3.63) is 42.5 Å². The first-order valence-corrected chi connectivity index (χ1v) is 13.2. The van der Waals surface area contributed by atoms with Crippen LogP contribution < -0.4 is 4.74 Å². The van der Waals surface area contributed by atoms with Gasteiger partial charge in [-0.15, -0.1) is 0 Å². The zero-order valence-electron chi connectivity index (χ0n) is 20.7. The molecular formula is C30H39NO2. The van der Waals surface area contributed by atoms with Crippen LogP contribution in [0, 0.1) is 34.5 Å². The summed E-state index contributed by atoms with van der Waals surface area (Å²) in [5.41, 5.74) is 0.653. The molecule has 0 radical (unpaired) electrons. The van der Waals surface area contributed by atoms with E-state index in [2.05, 4.69) is 75.2 Å². The maximum Gasteiger partial charge on any atom is 0.222 e. The largest absolute Gasteiger partial charge is 0.490 e. The summed E-state index contributed by atoms with van der Waals surface area (Å²) in [4.78, 5) is 14.6. The Labute approximate surface area is 198 Å². The van der Waals surface area contributed by atoms with Crippen molar-refractivity contribution in [2.75, 3.05) is 7.05 Å². The number of hydrogen-bond donors (Lipinski definition) is 0. The summed E-state index contributed by atoms with van der Waals surface area (Å²) in [6.07, 6.45) is 8.26. The molecule has 3 heteroatoms. The van der Waals surface area contributed by atoms with Crippen molar-refractivity contribution >= 4 is 16.7 Å². The number of piperidine rings is 1. The van der Waals surface area contributed by atoms with Crippen LogP contribution in [-0.2, 0) is 4.79 Å². The van der Waals surface area contributed by atoms with Crippen LogP contribution in [0.3, 0.4) is 0 Å². The first-order chi connectivity index (χ1) is 15.8. The average Bonchev–Trinajstić information content (AvgIpc) is 3.14. The van der Waals surface area contributed by atoms with Gasteiger partial charge < -0.3 is 9.64 Å². The number of amides is 1. The van der Waals surface area contributed by atoms with Gasteiger partial charge in [-0.3, -0.25) is 4.79 Å². The van der Waals surface area contributed by atoms with Gasteiger partial charge in [-0.1, -0.05) is 57.2 Å². The van der Waals surface area contributed by atoms with Crippen LogP contribution in [0.25, 0.3) is 10.8 Å². The molecule has 4 aliphatic rings. The Morgan fingerprint density at radius 3 is 2.64 bits per heavy atom. The fourth-order valence-corrected chi connectivity index (χ4v) is 9.02. The summed E-state index contributed by atoms with van der Waals surface area (Å²) in [5.74, 6) is 4.29. The Hall–Kier alpha value is -2.03. The van der Waals surface area contributed by atoms with E-state index in [1.807, 2.05) is 0 Å². The first-order valence-electron chi connectivity index (χ1n) is 13.2. The molecule has 1 heterocycles. The predicted molar refractivity (Wildman–Crippen MR) is 133 cm³/mol. The first kappa shape index (κ1) is 21.5. The third-order valence-corrected chi connectivity index (χ3v) is 10.7. The Morgan fingerprint density at radius 2 is 1.79 bits per heavy atom. The molecule has 8 atom stereocenters. The highest BCUT2D eigenvalue weighted by Gasteiger charge is 2.62. The summed E-state index contributed by atoms with van der Waals surface area (Å²) < 4.78 is 6.77. The lowest BCUT2D eigenvalue weighted by Gasteiger charge is -2.63. The summed E-state index contributed by atoms with van der Waals surface area (Å²) >= 11 is 0. The second-order valence-corrected chi connectivity index (χ2v) is 12.4. The molecule has 2 aromatic carbocycles. The maximum atomic E-state index is 12.5. The predicted octanol–water partition coefficient (Wildman–Crippen LogP) is 6.70. The van der Waals surface area contributed by atoms with Gasteiger partial charge in [0.15, 0.2) is 0 Å². The molecule has 0 spiro atoms. The lowest BCUT2D eigenvalue weighted by molar-refractivity contribution is -0.164. The van der Waals surface area contributed by atoms with Gasteiger partial charge >= 0.3 is 0 Å². The van der Waals surface area contributed by atoms with E-state index < -0.39 is 0 Å². The molecule has 0 bridgehead atoms. The van der Waals surface area contributed by atoms with Crippen LogP contribution >= 0.6 is 0 Å². The number of rotatable bonds is 2. The molecule has 176 valence electrons. The normalized spacial score (nSPS) is 42.5. The Morgan fingerprint density at radius 1 is 1.00 bits per heavy atom. The highest BCUT2D eigenvalue weighted by Crippen LogP contribution is 2.66. The summed E-state index contributed by atoms with van der Waals surface area (Å²) in [7, 11) is 2.06. The molecular weight excluding hydrogens is 406 g/mol. The van der Waals surface area contributed by atoms with Gasteiger partial charge in [0, 0.05) is 24.9 Å². The molecule has 1 amide bonds. The van der Waals surface area contributed by atoms with Crippen molar-refractivity contribution in [2.24, 2.45) is 34.5 Å². The molecule has 4 fully saturated rings. The number of carbonyl (C=O) groups excluding carboxylic acids is 1. The molecule has 3 aliphatic carbocycles. The second kappa shape index (κ2) is 7.48. The molecule has 0 unspecified atom stereocenters. The number of likely N-dealkylation sites (tertiary alicyclic amines) is 1. The lowest BCUT2D eigenvalue weighted by Crippen LogP contribution is -2.62. The number of hydrogen-bond acceptors (Lipinski definition) is 2. The van der Waals surface area contributed by atoms with Crippen LogP contribution in [0.15, 0.2) is 42.5 Å². The minimum atomic E-state index is 0.274. The minimum absolute atomic E-state index is 0.274. The van der Waals surface area contributed by atoms with E-state index in [0.717, 1.165) is 36.3 Å². The van der Waals surface area contributed by atoms with Crippen molar-refractivity contribution in [1.29, 1.82) is 0 Å². The zero-order valence-corrected chi connectivity index (χ0v) is 20.7. The quantitative estimate of drug-likeness (QED) is 0.515. The van der Waals surface area contributed by atoms with Crippen LogP contribution in [-0.4, -0.2) is 30.0 Å². The topological polar surface area (TPSA) is 29.5 Å². The van der Waals surface area contributed by atoms with E-state index in [1.165, 1.54) is 42.9 Å². The van der Waals surface area contributed by atoms with Crippen molar-refractivity contribution in [3.63, 3.8) is 0 Å². The van der Waals surface area contributed by atoms with Gasteiger partial charge in [-0.25, -0.2) is 0 Å². The SMILES string of the molecule is C[C@H]1C[C@H]2N(C)C(=O)CC[C@]2(C)[C@H]2CC[C@]3(C)C[C@@H](Oc4cccc5ccccc45)C[C@H]3[C@H]12.